The van der Waals surface area contributed by atoms with Crippen molar-refractivity contribution in [2.75, 3.05) is 31.1 Å². The van der Waals surface area contributed by atoms with Gasteiger partial charge in [0, 0.05) is 43.5 Å². The van der Waals surface area contributed by atoms with Crippen molar-refractivity contribution in [1.29, 1.82) is 0 Å². The van der Waals surface area contributed by atoms with Gasteiger partial charge in [-0.3, -0.25) is 0 Å². The molecular weight excluding hydrogens is 352 g/mol. The Morgan fingerprint density at radius 3 is 2.17 bits per heavy atom. The average Bonchev–Trinajstić information content (AvgIpc) is 3.09. The first-order valence-electron chi connectivity index (χ1n) is 11.0. The van der Waals surface area contributed by atoms with E-state index in [0.29, 0.717) is 0 Å². The maximum absolute atomic E-state index is 3.68. The minimum Gasteiger partial charge on any atom is -0.372 e. The molecule has 2 heteroatoms. The Balaban J connectivity index is 1.87. The zero-order valence-corrected chi connectivity index (χ0v) is 18.1. The van der Waals surface area contributed by atoms with Crippen LogP contribution in [0.5, 0.6) is 0 Å². The van der Waals surface area contributed by atoms with Crippen molar-refractivity contribution in [3.8, 4) is 0 Å². The molecule has 1 atom stereocenters. The van der Waals surface area contributed by atoms with Crippen LogP contribution in [0.25, 0.3) is 5.57 Å². The normalized spacial score (nSPS) is 16.8. The largest absolute Gasteiger partial charge is 0.372 e. The summed E-state index contributed by atoms with van der Waals surface area (Å²) in [5, 5.41) is 0. The first-order chi connectivity index (χ1) is 14.2. The van der Waals surface area contributed by atoms with Crippen molar-refractivity contribution >= 4 is 11.3 Å². The fraction of sp³-hybridized carbons (Fsp3) is 0.333. The monoisotopic (exact) mass is 383 g/mol. The lowest BCUT2D eigenvalue weighted by Crippen LogP contribution is -2.22. The molecule has 0 bridgehead atoms. The molecule has 2 aliphatic carbocycles. The maximum atomic E-state index is 3.68. The lowest BCUT2D eigenvalue weighted by molar-refractivity contribution is 0.394. The third-order valence-corrected chi connectivity index (χ3v) is 6.27. The molecule has 0 aromatic heterocycles. The van der Waals surface area contributed by atoms with Crippen molar-refractivity contribution in [2.24, 2.45) is 0 Å². The number of allylic oxidation sites excluding steroid dienone is 5. The summed E-state index contributed by atoms with van der Waals surface area (Å²) in [7, 11) is 0. The van der Waals surface area contributed by atoms with Gasteiger partial charge < -0.3 is 9.80 Å². The summed E-state index contributed by atoms with van der Waals surface area (Å²) in [6.45, 7) is 13.0. The van der Waals surface area contributed by atoms with Gasteiger partial charge in [0.1, 0.15) is 17.3 Å². The zero-order valence-electron chi connectivity index (χ0n) is 18.1. The molecule has 2 aliphatic rings. The molecule has 0 saturated heterocycles. The second kappa shape index (κ2) is 8.27. The van der Waals surface area contributed by atoms with Crippen LogP contribution >= 0.6 is 0 Å². The molecule has 0 amide bonds. The zero-order chi connectivity index (χ0) is 20.4. The third-order valence-electron chi connectivity index (χ3n) is 6.27. The quantitative estimate of drug-likeness (QED) is 0.539. The van der Waals surface area contributed by atoms with Gasteiger partial charge in [0.2, 0.25) is 0 Å². The molecule has 1 unspecified atom stereocenters. The van der Waals surface area contributed by atoms with Gasteiger partial charge in [0.15, 0.2) is 0 Å². The minimum absolute atomic E-state index is 0.262. The molecule has 0 fully saturated rings. The van der Waals surface area contributed by atoms with Crippen molar-refractivity contribution in [3.05, 3.63) is 94.7 Å². The average molecular weight is 384 g/mol. The predicted molar refractivity (Wildman–Crippen MR) is 124 cm³/mol. The highest BCUT2D eigenvalue weighted by Crippen LogP contribution is 2.49. The molecule has 2 nitrogen and oxygen atoms in total. The number of fused-ring (bicyclic) bond motifs is 2. The summed E-state index contributed by atoms with van der Waals surface area (Å²) >= 11 is 0. The van der Waals surface area contributed by atoms with Gasteiger partial charge in [-0.2, -0.15) is 0 Å². The van der Waals surface area contributed by atoms with Gasteiger partial charge in [-0.25, -0.2) is 0 Å². The molecule has 4 rings (SSSR count). The fourth-order valence-corrected chi connectivity index (χ4v) is 4.69. The molecule has 0 heterocycles. The molecule has 0 spiro atoms. The number of nitrogens with zero attached hydrogens (tertiary/aromatic N) is 2. The Hall–Kier alpha value is -2.83. The number of benzene rings is 2. The van der Waals surface area contributed by atoms with Crippen LogP contribution in [0.1, 0.15) is 50.3 Å². The van der Waals surface area contributed by atoms with E-state index in [-0.39, 0.29) is 5.92 Å². The van der Waals surface area contributed by atoms with Gasteiger partial charge in [0.25, 0.3) is 0 Å². The van der Waals surface area contributed by atoms with Crippen molar-refractivity contribution in [2.45, 2.75) is 33.6 Å². The van der Waals surface area contributed by atoms with Gasteiger partial charge in [-0.05, 0) is 51.0 Å². The molecule has 148 valence electrons. The van der Waals surface area contributed by atoms with E-state index in [9.17, 15) is 0 Å². The number of likely N-dealkylation sites (N-methyl/N-ethyl adjacent to an activating group) is 1. The molecular formula is C27H31N2+. The van der Waals surface area contributed by atoms with Crippen molar-refractivity contribution < 1.29 is 0 Å². The Kier molecular flexibility index (Phi) is 5.56. The van der Waals surface area contributed by atoms with Crippen molar-refractivity contribution in [1.82, 2.24) is 4.90 Å². The van der Waals surface area contributed by atoms with Crippen LogP contribution in [0.3, 0.4) is 0 Å². The second-order valence-electron chi connectivity index (χ2n) is 7.65. The van der Waals surface area contributed by atoms with Crippen LogP contribution in [0, 0.1) is 6.08 Å². The Morgan fingerprint density at radius 2 is 1.52 bits per heavy atom. The lowest BCUT2D eigenvalue weighted by atomic mass is 9.87. The van der Waals surface area contributed by atoms with Crippen molar-refractivity contribution in [3.63, 3.8) is 0 Å². The van der Waals surface area contributed by atoms with E-state index in [1.165, 1.54) is 39.2 Å². The maximum Gasteiger partial charge on any atom is 0.149 e. The summed E-state index contributed by atoms with van der Waals surface area (Å²) < 4.78 is 0. The Bertz CT molecular complexity index is 957. The van der Waals surface area contributed by atoms with E-state index < -0.39 is 0 Å². The molecule has 0 N–H and O–H groups in total. The van der Waals surface area contributed by atoms with E-state index in [2.05, 4.69) is 104 Å². The van der Waals surface area contributed by atoms with E-state index in [0.717, 1.165) is 26.2 Å². The topological polar surface area (TPSA) is 6.48 Å². The first kappa shape index (κ1) is 19.5. The van der Waals surface area contributed by atoms with E-state index in [4.69, 9.17) is 0 Å². The Morgan fingerprint density at radius 1 is 0.828 bits per heavy atom. The first-order valence-corrected chi connectivity index (χ1v) is 11.0. The molecule has 2 aromatic rings. The SMILES string of the molecule is CCN(CC)C1=CC2=C([C+]=C1)C(c1ccccc1)c1ccc(N(CC)CC)cc12. The minimum atomic E-state index is 0.262. The molecule has 0 aliphatic heterocycles. The third kappa shape index (κ3) is 3.39. The molecule has 29 heavy (non-hydrogen) atoms. The van der Waals surface area contributed by atoms with Crippen LogP contribution in [0.4, 0.5) is 5.69 Å². The van der Waals surface area contributed by atoms with E-state index >= 15 is 0 Å². The van der Waals surface area contributed by atoms with Gasteiger partial charge in [-0.1, -0.05) is 36.4 Å². The van der Waals surface area contributed by atoms with Gasteiger partial charge in [-0.15, -0.1) is 0 Å². The highest BCUT2D eigenvalue weighted by Gasteiger charge is 2.39. The van der Waals surface area contributed by atoms with Gasteiger partial charge >= 0.3 is 0 Å². The summed E-state index contributed by atoms with van der Waals surface area (Å²) in [5.41, 5.74) is 9.32. The molecule has 2 aromatic carbocycles. The molecule has 0 saturated carbocycles. The summed E-state index contributed by atoms with van der Waals surface area (Å²) in [6, 6.07) is 17.9. The van der Waals surface area contributed by atoms with Crippen LogP contribution in [0.15, 0.2) is 72.0 Å². The molecule has 0 radical (unpaired) electrons. The summed E-state index contributed by atoms with van der Waals surface area (Å²) in [4.78, 5) is 4.83. The predicted octanol–water partition coefficient (Wildman–Crippen LogP) is 6.03. The van der Waals surface area contributed by atoms with E-state index in [1.54, 1.807) is 0 Å². The summed E-state index contributed by atoms with van der Waals surface area (Å²) in [6.07, 6.45) is 8.24. The number of hydrogen-bond donors (Lipinski definition) is 0. The Labute approximate surface area is 175 Å². The standard InChI is InChI=1S/C27H31N2/c1-5-28(6-2)21-14-16-23-25(18-21)26-19-22(29(7-3)8-4)15-17-24(26)27(23)20-12-10-9-11-13-20/h9-16,18-19,27H,5-8H2,1-4H3/q+1. The lowest BCUT2D eigenvalue weighted by Gasteiger charge is -2.22. The van der Waals surface area contributed by atoms with Crippen LogP contribution in [-0.2, 0) is 0 Å². The van der Waals surface area contributed by atoms with Crippen LogP contribution < -0.4 is 4.90 Å². The van der Waals surface area contributed by atoms with Crippen LogP contribution in [0.2, 0.25) is 0 Å². The highest BCUT2D eigenvalue weighted by molar-refractivity contribution is 5.90. The van der Waals surface area contributed by atoms with Crippen LogP contribution in [-0.4, -0.2) is 31.1 Å². The van der Waals surface area contributed by atoms with Gasteiger partial charge in [0.05, 0.1) is 17.6 Å². The smallest absolute Gasteiger partial charge is 0.149 e. The second-order valence-corrected chi connectivity index (χ2v) is 7.65. The van der Waals surface area contributed by atoms with E-state index in [1.807, 2.05) is 0 Å². The highest BCUT2D eigenvalue weighted by atomic mass is 15.1. The number of rotatable bonds is 7. The number of hydrogen-bond acceptors (Lipinski definition) is 2. The summed E-state index contributed by atoms with van der Waals surface area (Å²) in [5.74, 6) is 0.262. The fourth-order valence-electron chi connectivity index (χ4n) is 4.69. The number of anilines is 1.